The molecule has 0 spiro atoms. The molecular weight excluding hydrogens is 284 g/mol. The number of alkyl halides is 1. The Labute approximate surface area is 123 Å². The van der Waals surface area contributed by atoms with E-state index in [1.54, 1.807) is 6.92 Å². The van der Waals surface area contributed by atoms with Crippen LogP contribution in [0.25, 0.3) is 0 Å². The van der Waals surface area contributed by atoms with E-state index in [-0.39, 0.29) is 30.0 Å². The van der Waals surface area contributed by atoms with Gasteiger partial charge in [0.25, 0.3) is 0 Å². The highest BCUT2D eigenvalue weighted by Gasteiger charge is 2.41. The molecule has 0 aromatic rings. The van der Waals surface area contributed by atoms with Crippen molar-refractivity contribution in [1.82, 2.24) is 0 Å². The fourth-order valence-electron chi connectivity index (χ4n) is 3.17. The molecule has 0 aromatic heterocycles. The Balaban J connectivity index is 1.98. The summed E-state index contributed by atoms with van der Waals surface area (Å²) in [5.41, 5.74) is 0. The molecule has 114 valence electrons. The molecule has 2 bridgehead atoms. The van der Waals surface area contributed by atoms with Crippen LogP contribution in [0.1, 0.15) is 39.5 Å². The molecule has 2 rings (SSSR count). The lowest BCUT2D eigenvalue weighted by molar-refractivity contribution is -0.213. The van der Waals surface area contributed by atoms with Crippen molar-refractivity contribution in [2.45, 2.75) is 58.0 Å². The lowest BCUT2D eigenvalue weighted by Crippen LogP contribution is -2.45. The topological polar surface area (TPSA) is 61.8 Å². The maximum Gasteiger partial charge on any atom is 0.323 e. The minimum Gasteiger partial charge on any atom is -0.460 e. The summed E-state index contributed by atoms with van der Waals surface area (Å²) < 4.78 is 16.3. The van der Waals surface area contributed by atoms with Crippen molar-refractivity contribution in [1.29, 1.82) is 0 Å². The van der Waals surface area contributed by atoms with Gasteiger partial charge in [-0.05, 0) is 38.0 Å². The Hall–Kier alpha value is -0.810. The molecule has 2 aliphatic rings. The van der Waals surface area contributed by atoms with Gasteiger partial charge in [-0.3, -0.25) is 9.59 Å². The number of esters is 2. The SMILES string of the molecule is CC(OC(=O)CCl)OC1C(C)CC2CCC(=O)OC1C2. The molecule has 1 aliphatic heterocycles. The van der Waals surface area contributed by atoms with Gasteiger partial charge in [-0.2, -0.15) is 0 Å². The summed E-state index contributed by atoms with van der Waals surface area (Å²) in [5.74, 6) is -0.0956. The average Bonchev–Trinajstić information content (AvgIpc) is 2.54. The molecule has 1 saturated heterocycles. The molecule has 0 amide bonds. The molecule has 5 atom stereocenters. The van der Waals surface area contributed by atoms with E-state index in [4.69, 9.17) is 25.8 Å². The van der Waals surface area contributed by atoms with Crippen molar-refractivity contribution >= 4 is 23.5 Å². The van der Waals surface area contributed by atoms with Crippen molar-refractivity contribution in [3.8, 4) is 0 Å². The smallest absolute Gasteiger partial charge is 0.323 e. The molecule has 0 aromatic carbocycles. The fourth-order valence-corrected chi connectivity index (χ4v) is 3.24. The highest BCUT2D eigenvalue weighted by Crippen LogP contribution is 2.38. The van der Waals surface area contributed by atoms with Gasteiger partial charge in [0.1, 0.15) is 18.1 Å². The first kappa shape index (κ1) is 15.6. The van der Waals surface area contributed by atoms with Gasteiger partial charge in [0.2, 0.25) is 6.29 Å². The number of carbonyl (C=O) groups excluding carboxylic acids is 2. The number of halogens is 1. The number of fused-ring (bicyclic) bond motifs is 2. The second-order valence-corrected chi connectivity index (χ2v) is 5.94. The largest absolute Gasteiger partial charge is 0.460 e. The first-order chi connectivity index (χ1) is 9.49. The Morgan fingerprint density at radius 2 is 2.25 bits per heavy atom. The van der Waals surface area contributed by atoms with Crippen LogP contribution in [-0.2, 0) is 23.8 Å². The number of carbonyl (C=O) groups is 2. The van der Waals surface area contributed by atoms with Crippen molar-refractivity contribution in [3.63, 3.8) is 0 Å². The van der Waals surface area contributed by atoms with Gasteiger partial charge in [-0.1, -0.05) is 6.92 Å². The highest BCUT2D eigenvalue weighted by molar-refractivity contribution is 6.26. The molecule has 0 radical (unpaired) electrons. The Bertz CT molecular complexity index is 373. The molecule has 0 N–H and O–H groups in total. The first-order valence-electron chi connectivity index (χ1n) is 7.10. The van der Waals surface area contributed by atoms with Crippen LogP contribution in [0.15, 0.2) is 0 Å². The number of ether oxygens (including phenoxy) is 3. The molecule has 1 saturated carbocycles. The summed E-state index contributed by atoms with van der Waals surface area (Å²) in [6, 6.07) is 0. The zero-order valence-electron chi connectivity index (χ0n) is 11.8. The van der Waals surface area contributed by atoms with Crippen molar-refractivity contribution in [3.05, 3.63) is 0 Å². The van der Waals surface area contributed by atoms with Crippen molar-refractivity contribution < 1.29 is 23.8 Å². The van der Waals surface area contributed by atoms with Crippen LogP contribution in [0, 0.1) is 11.8 Å². The van der Waals surface area contributed by atoms with Gasteiger partial charge in [0, 0.05) is 6.42 Å². The minimum atomic E-state index is -0.688. The Kier molecular flexibility index (Phi) is 5.27. The molecular formula is C14H21ClO5. The second-order valence-electron chi connectivity index (χ2n) is 5.67. The zero-order valence-corrected chi connectivity index (χ0v) is 12.6. The van der Waals surface area contributed by atoms with E-state index in [9.17, 15) is 9.59 Å². The van der Waals surface area contributed by atoms with Gasteiger partial charge < -0.3 is 14.2 Å². The zero-order chi connectivity index (χ0) is 14.7. The molecule has 5 nitrogen and oxygen atoms in total. The molecule has 1 heterocycles. The standard InChI is InChI=1S/C14H21ClO5/c1-8-5-10-3-4-12(16)20-11(6-10)14(8)19-9(2)18-13(17)7-15/h8-11,14H,3-7H2,1-2H3. The lowest BCUT2D eigenvalue weighted by Gasteiger charge is -2.38. The number of hydrogen-bond acceptors (Lipinski definition) is 5. The number of rotatable bonds is 4. The third-order valence-corrected chi connectivity index (χ3v) is 4.21. The van der Waals surface area contributed by atoms with Gasteiger partial charge in [-0.25, -0.2) is 0 Å². The third-order valence-electron chi connectivity index (χ3n) is 3.99. The lowest BCUT2D eigenvalue weighted by atomic mass is 9.77. The summed E-state index contributed by atoms with van der Waals surface area (Å²) in [7, 11) is 0. The van der Waals surface area contributed by atoms with E-state index in [0.29, 0.717) is 12.3 Å². The second kappa shape index (κ2) is 6.76. The van der Waals surface area contributed by atoms with Gasteiger partial charge in [0.15, 0.2) is 0 Å². The quantitative estimate of drug-likeness (QED) is 0.453. The van der Waals surface area contributed by atoms with Gasteiger partial charge in [0.05, 0.1) is 0 Å². The van der Waals surface area contributed by atoms with Crippen LogP contribution in [0.5, 0.6) is 0 Å². The van der Waals surface area contributed by atoms with E-state index in [1.165, 1.54) is 0 Å². The summed E-state index contributed by atoms with van der Waals surface area (Å²) in [6.45, 7) is 3.74. The van der Waals surface area contributed by atoms with E-state index in [2.05, 4.69) is 6.92 Å². The van der Waals surface area contributed by atoms with Crippen molar-refractivity contribution in [2.24, 2.45) is 11.8 Å². The molecule has 5 unspecified atom stereocenters. The van der Waals surface area contributed by atoms with Gasteiger partial charge in [-0.15, -0.1) is 11.6 Å². The van der Waals surface area contributed by atoms with E-state index < -0.39 is 12.3 Å². The predicted octanol–water partition coefficient (Wildman–Crippen LogP) is 2.25. The third kappa shape index (κ3) is 3.85. The van der Waals surface area contributed by atoms with Gasteiger partial charge >= 0.3 is 11.9 Å². The summed E-state index contributed by atoms with van der Waals surface area (Å²) in [6.07, 6.45) is 2.06. The normalized spacial score (nSPS) is 34.9. The van der Waals surface area contributed by atoms with Crippen LogP contribution in [0.2, 0.25) is 0 Å². The summed E-state index contributed by atoms with van der Waals surface area (Å²) >= 11 is 5.39. The molecule has 20 heavy (non-hydrogen) atoms. The summed E-state index contributed by atoms with van der Waals surface area (Å²) in [5, 5.41) is 0. The van der Waals surface area contributed by atoms with Crippen LogP contribution in [0.3, 0.4) is 0 Å². The first-order valence-corrected chi connectivity index (χ1v) is 7.63. The monoisotopic (exact) mass is 304 g/mol. The Morgan fingerprint density at radius 3 is 2.95 bits per heavy atom. The minimum absolute atomic E-state index is 0.161. The summed E-state index contributed by atoms with van der Waals surface area (Å²) in [4.78, 5) is 22.8. The van der Waals surface area contributed by atoms with Crippen LogP contribution >= 0.6 is 11.6 Å². The average molecular weight is 305 g/mol. The maximum absolute atomic E-state index is 11.6. The van der Waals surface area contributed by atoms with Crippen LogP contribution in [-0.4, -0.2) is 36.3 Å². The van der Waals surface area contributed by atoms with Crippen molar-refractivity contribution in [2.75, 3.05) is 5.88 Å². The van der Waals surface area contributed by atoms with Crippen LogP contribution < -0.4 is 0 Å². The van der Waals surface area contributed by atoms with E-state index >= 15 is 0 Å². The molecule has 2 fully saturated rings. The number of hydrogen-bond donors (Lipinski definition) is 0. The van der Waals surface area contributed by atoms with Crippen LogP contribution in [0.4, 0.5) is 0 Å². The molecule has 1 aliphatic carbocycles. The highest BCUT2D eigenvalue weighted by atomic mass is 35.5. The Morgan fingerprint density at radius 1 is 1.50 bits per heavy atom. The van der Waals surface area contributed by atoms with E-state index in [0.717, 1.165) is 19.3 Å². The predicted molar refractivity (Wildman–Crippen MR) is 72.1 cm³/mol. The fraction of sp³-hybridized carbons (Fsp3) is 0.857. The maximum atomic E-state index is 11.6. The van der Waals surface area contributed by atoms with E-state index in [1.807, 2.05) is 0 Å². The molecule has 6 heteroatoms.